The summed E-state index contributed by atoms with van der Waals surface area (Å²) in [4.78, 5) is 30.4. The van der Waals surface area contributed by atoms with E-state index in [1.54, 1.807) is 18.2 Å². The Kier molecular flexibility index (Phi) is 9.71. The van der Waals surface area contributed by atoms with Gasteiger partial charge in [-0.05, 0) is 43.3 Å². The summed E-state index contributed by atoms with van der Waals surface area (Å²) in [6.45, 7) is 5.63. The molecule has 0 unspecified atom stereocenters. The number of benzene rings is 2. The molecule has 3 saturated heterocycles. The Morgan fingerprint density at radius 1 is 1.13 bits per heavy atom. The van der Waals surface area contributed by atoms with Crippen LogP contribution in [0.25, 0.3) is 11.4 Å². The van der Waals surface area contributed by atoms with Gasteiger partial charge in [-0.1, -0.05) is 0 Å². The molecule has 12 nitrogen and oxygen atoms in total. The van der Waals surface area contributed by atoms with Crippen LogP contribution in [-0.4, -0.2) is 113 Å². The summed E-state index contributed by atoms with van der Waals surface area (Å²) in [5.74, 6) is -0.0313. The predicted octanol–water partition coefficient (Wildman–Crippen LogP) is 3.31. The zero-order valence-electron chi connectivity index (χ0n) is 25.7. The number of likely N-dealkylation sites (tertiary alicyclic amines) is 1. The number of piperazine rings is 1. The minimum atomic E-state index is -2.68. The van der Waals surface area contributed by atoms with Gasteiger partial charge in [0.2, 0.25) is 5.95 Å². The summed E-state index contributed by atoms with van der Waals surface area (Å²) in [5, 5.41) is 22.3. The monoisotopic (exact) mass is 652 g/mol. The highest BCUT2D eigenvalue weighted by Gasteiger charge is 2.35. The van der Waals surface area contributed by atoms with Gasteiger partial charge in [0.1, 0.15) is 30.4 Å². The number of aliphatic hydroxyl groups is 1. The van der Waals surface area contributed by atoms with Gasteiger partial charge in [0.15, 0.2) is 12.0 Å². The van der Waals surface area contributed by atoms with Crippen molar-refractivity contribution in [3.8, 4) is 23.2 Å². The van der Waals surface area contributed by atoms with Gasteiger partial charge in [-0.3, -0.25) is 9.69 Å². The number of hydrogen-bond donors (Lipinski definition) is 2. The molecule has 4 heterocycles. The number of aliphatic hydroxyl groups excluding tert-OH is 1. The summed E-state index contributed by atoms with van der Waals surface area (Å²) in [6.07, 6.45) is -4.83. The number of anilines is 3. The van der Waals surface area contributed by atoms with E-state index in [0.29, 0.717) is 36.1 Å². The highest BCUT2D eigenvalue weighted by Crippen LogP contribution is 2.34. The molecule has 47 heavy (non-hydrogen) atoms. The lowest BCUT2D eigenvalue weighted by Crippen LogP contribution is -2.56. The molecule has 3 aliphatic rings. The van der Waals surface area contributed by atoms with Gasteiger partial charge >= 0.3 is 0 Å². The molecule has 2 aromatic carbocycles. The zero-order chi connectivity index (χ0) is 33.1. The smallest absolute Gasteiger partial charge is 0.265 e. The number of carbonyl (C=O) groups excluding carboxylic acids is 1. The zero-order valence-corrected chi connectivity index (χ0v) is 25.7. The Labute approximate surface area is 269 Å². The molecular formula is C32H35F3N8O4. The van der Waals surface area contributed by atoms with Crippen molar-refractivity contribution >= 4 is 23.2 Å². The van der Waals surface area contributed by atoms with E-state index >= 15 is 0 Å². The molecule has 0 spiro atoms. The normalized spacial score (nSPS) is 21.2. The van der Waals surface area contributed by atoms with E-state index in [2.05, 4.69) is 31.2 Å². The molecular weight excluding hydrogens is 617 g/mol. The molecule has 2 N–H and O–H groups in total. The van der Waals surface area contributed by atoms with E-state index in [0.717, 1.165) is 26.3 Å². The number of halogens is 3. The molecule has 3 aromatic rings. The van der Waals surface area contributed by atoms with Gasteiger partial charge in [0, 0.05) is 61.6 Å². The van der Waals surface area contributed by atoms with Crippen LogP contribution in [-0.2, 0) is 9.53 Å². The maximum atomic E-state index is 14.9. The SMILES string of the molecule is C[C@H](O)C(=O)N1CC[C@H](Oc2ccc(-c3ncnc(Nc4ccc(N5CCN(C6COC6)CC5)c(C(F)F)c4)n3)cc2C#N)[C@@H](F)C1. The minimum Gasteiger partial charge on any atom is -0.486 e. The van der Waals surface area contributed by atoms with E-state index < -0.39 is 30.7 Å². The Balaban J connectivity index is 1.13. The number of alkyl halides is 3. The van der Waals surface area contributed by atoms with Crippen molar-refractivity contribution < 1.29 is 32.5 Å². The topological polar surface area (TPSA) is 140 Å². The number of aromatic nitrogens is 3. The Morgan fingerprint density at radius 3 is 2.57 bits per heavy atom. The van der Waals surface area contributed by atoms with Gasteiger partial charge in [-0.25, -0.2) is 23.1 Å². The number of ether oxygens (including phenoxy) is 2. The van der Waals surface area contributed by atoms with E-state index in [9.17, 15) is 28.3 Å². The van der Waals surface area contributed by atoms with Gasteiger partial charge in [0.25, 0.3) is 12.3 Å². The number of rotatable bonds is 9. The van der Waals surface area contributed by atoms with Crippen molar-refractivity contribution in [2.24, 2.45) is 0 Å². The first kappa shape index (κ1) is 32.4. The molecule has 0 bridgehead atoms. The van der Waals surface area contributed by atoms with Crippen LogP contribution in [0.3, 0.4) is 0 Å². The number of carbonyl (C=O) groups is 1. The van der Waals surface area contributed by atoms with Crippen LogP contribution in [0.4, 0.5) is 30.5 Å². The summed E-state index contributed by atoms with van der Waals surface area (Å²) >= 11 is 0. The second-order valence-corrected chi connectivity index (χ2v) is 11.8. The molecule has 248 valence electrons. The van der Waals surface area contributed by atoms with Crippen molar-refractivity contribution in [2.75, 3.05) is 62.7 Å². The van der Waals surface area contributed by atoms with Crippen LogP contribution in [0.5, 0.6) is 5.75 Å². The average Bonchev–Trinajstić information content (AvgIpc) is 3.05. The lowest BCUT2D eigenvalue weighted by molar-refractivity contribution is -0.143. The van der Waals surface area contributed by atoms with Crippen LogP contribution in [0, 0.1) is 11.3 Å². The van der Waals surface area contributed by atoms with E-state index in [1.165, 1.54) is 36.4 Å². The van der Waals surface area contributed by atoms with E-state index in [1.807, 2.05) is 4.90 Å². The third kappa shape index (κ3) is 7.24. The second-order valence-electron chi connectivity index (χ2n) is 11.8. The summed E-state index contributed by atoms with van der Waals surface area (Å²) in [7, 11) is 0. The average molecular weight is 653 g/mol. The fourth-order valence-electron chi connectivity index (χ4n) is 5.98. The molecule has 0 radical (unpaired) electrons. The maximum absolute atomic E-state index is 14.9. The van der Waals surface area contributed by atoms with Crippen LogP contribution >= 0.6 is 0 Å². The second kappa shape index (κ2) is 14.1. The van der Waals surface area contributed by atoms with Crippen LogP contribution < -0.4 is 15.0 Å². The van der Waals surface area contributed by atoms with Gasteiger partial charge < -0.3 is 29.7 Å². The molecule has 3 atom stereocenters. The Hall–Kier alpha value is -4.52. The first-order chi connectivity index (χ1) is 22.7. The van der Waals surface area contributed by atoms with Crippen molar-refractivity contribution in [3.05, 3.63) is 53.9 Å². The van der Waals surface area contributed by atoms with E-state index in [4.69, 9.17) is 9.47 Å². The lowest BCUT2D eigenvalue weighted by Gasteiger charge is -2.43. The largest absolute Gasteiger partial charge is 0.486 e. The first-order valence-electron chi connectivity index (χ1n) is 15.5. The van der Waals surface area contributed by atoms with Crippen molar-refractivity contribution in [1.29, 1.82) is 5.26 Å². The van der Waals surface area contributed by atoms with Crippen molar-refractivity contribution in [3.63, 3.8) is 0 Å². The summed E-state index contributed by atoms with van der Waals surface area (Å²) in [5.41, 5.74) is 1.39. The van der Waals surface area contributed by atoms with Gasteiger partial charge in [-0.2, -0.15) is 10.2 Å². The molecule has 1 aromatic heterocycles. The molecule has 3 aliphatic heterocycles. The minimum absolute atomic E-state index is 0.0882. The third-order valence-corrected chi connectivity index (χ3v) is 8.67. The fourth-order valence-corrected chi connectivity index (χ4v) is 5.98. The Bertz CT molecular complexity index is 1630. The lowest BCUT2D eigenvalue weighted by atomic mass is 10.0. The highest BCUT2D eigenvalue weighted by molar-refractivity contribution is 5.80. The van der Waals surface area contributed by atoms with Gasteiger partial charge in [0.05, 0.1) is 31.4 Å². The number of hydrogen-bond acceptors (Lipinski definition) is 11. The van der Waals surface area contributed by atoms with E-state index in [-0.39, 0.29) is 48.2 Å². The van der Waals surface area contributed by atoms with Crippen LogP contribution in [0.1, 0.15) is 30.9 Å². The molecule has 0 aliphatic carbocycles. The predicted molar refractivity (Wildman–Crippen MR) is 165 cm³/mol. The number of nitrogens with one attached hydrogen (secondary N) is 1. The quantitative estimate of drug-likeness (QED) is 0.352. The third-order valence-electron chi connectivity index (χ3n) is 8.67. The summed E-state index contributed by atoms with van der Waals surface area (Å²) < 4.78 is 54.4. The number of piperidine rings is 1. The van der Waals surface area contributed by atoms with Gasteiger partial charge in [-0.15, -0.1) is 0 Å². The Morgan fingerprint density at radius 2 is 1.91 bits per heavy atom. The molecule has 15 heteroatoms. The standard InChI is InChI=1S/C32H35F3N8O4/c1-19(44)31(45)43-7-6-28(25(33)15-43)47-27-5-2-20(12-21(27)14-36)30-37-18-38-32(40-30)39-22-3-4-26(24(13-22)29(34)35)42-10-8-41(9-11-42)23-16-46-17-23/h2-5,12-13,18-19,23,25,28-29,44H,6-11,15-17H2,1H3,(H,37,38,39,40)/t19-,25-,28-/m0/s1. The molecule has 3 fully saturated rings. The maximum Gasteiger partial charge on any atom is 0.265 e. The van der Waals surface area contributed by atoms with Crippen LogP contribution in [0.15, 0.2) is 42.7 Å². The van der Waals surface area contributed by atoms with Crippen molar-refractivity contribution in [2.45, 2.75) is 44.2 Å². The highest BCUT2D eigenvalue weighted by atomic mass is 19.3. The number of amides is 1. The fraction of sp³-hybridized carbons (Fsp3) is 0.469. The molecule has 1 amide bonds. The van der Waals surface area contributed by atoms with Crippen molar-refractivity contribution in [1.82, 2.24) is 24.8 Å². The summed E-state index contributed by atoms with van der Waals surface area (Å²) in [6, 6.07) is 11.9. The molecule has 0 saturated carbocycles. The molecule has 6 rings (SSSR count). The first-order valence-corrected chi connectivity index (χ1v) is 15.5. The number of nitrogens with zero attached hydrogens (tertiary/aromatic N) is 7. The van der Waals surface area contributed by atoms with Crippen LogP contribution in [0.2, 0.25) is 0 Å². The number of nitriles is 1.